The Morgan fingerprint density at radius 3 is 3.11 bits per heavy atom. The number of fused-ring (bicyclic) bond motifs is 1. The maximum Gasteiger partial charge on any atom is 0.420 e. The molecule has 1 saturated heterocycles. The first-order valence-corrected chi connectivity index (χ1v) is 6.32. The lowest BCUT2D eigenvalue weighted by atomic mass is 10.2. The van der Waals surface area contributed by atoms with Crippen molar-refractivity contribution in [2.45, 2.75) is 12.6 Å². The lowest BCUT2D eigenvalue weighted by molar-refractivity contribution is -0.0277. The van der Waals surface area contributed by atoms with Gasteiger partial charge in [0.2, 0.25) is 0 Å². The van der Waals surface area contributed by atoms with Crippen LogP contribution in [0.25, 0.3) is 11.1 Å². The van der Waals surface area contributed by atoms with Gasteiger partial charge >= 0.3 is 5.76 Å². The second-order valence-electron chi connectivity index (χ2n) is 4.96. The molecule has 0 radical (unpaired) electrons. The highest BCUT2D eigenvalue weighted by molar-refractivity contribution is 5.76. The fourth-order valence-electron chi connectivity index (χ4n) is 2.44. The molecule has 0 spiro atoms. The summed E-state index contributed by atoms with van der Waals surface area (Å²) in [5.74, 6) is -0.363. The summed E-state index contributed by atoms with van der Waals surface area (Å²) >= 11 is 0. The summed E-state index contributed by atoms with van der Waals surface area (Å²) in [5.41, 5.74) is 7.55. The van der Waals surface area contributed by atoms with Gasteiger partial charge in [0.1, 0.15) is 0 Å². The van der Waals surface area contributed by atoms with Crippen LogP contribution in [-0.2, 0) is 11.3 Å². The predicted octanol–water partition coefficient (Wildman–Crippen LogP) is 0.507. The van der Waals surface area contributed by atoms with Crippen molar-refractivity contribution in [2.24, 2.45) is 0 Å². The van der Waals surface area contributed by atoms with Crippen molar-refractivity contribution in [3.05, 3.63) is 28.7 Å². The predicted molar refractivity (Wildman–Crippen MR) is 72.1 cm³/mol. The number of rotatable bonds is 2. The number of hydrogen-bond donors (Lipinski definition) is 1. The van der Waals surface area contributed by atoms with E-state index in [0.29, 0.717) is 24.4 Å². The highest BCUT2D eigenvalue weighted by atomic mass is 16.5. The largest absolute Gasteiger partial charge is 0.420 e. The molecule has 2 N–H and O–H groups in total. The van der Waals surface area contributed by atoms with E-state index in [0.717, 1.165) is 18.6 Å². The van der Waals surface area contributed by atoms with Gasteiger partial charge in [-0.15, -0.1) is 0 Å². The molecule has 2 heterocycles. The number of oxazole rings is 1. The number of morpholine rings is 1. The lowest BCUT2D eigenvalue weighted by Gasteiger charge is -2.29. The molecule has 1 aliphatic heterocycles. The number of benzene rings is 1. The van der Waals surface area contributed by atoms with Gasteiger partial charge in [0.15, 0.2) is 5.58 Å². The van der Waals surface area contributed by atoms with Gasteiger partial charge in [-0.3, -0.25) is 4.57 Å². The Bertz CT molecular complexity index is 646. The van der Waals surface area contributed by atoms with Gasteiger partial charge < -0.3 is 19.8 Å². The molecule has 1 unspecified atom stereocenters. The van der Waals surface area contributed by atoms with Crippen molar-refractivity contribution >= 4 is 16.8 Å². The van der Waals surface area contributed by atoms with E-state index in [-0.39, 0.29) is 11.9 Å². The molecule has 0 bridgehead atoms. The van der Waals surface area contributed by atoms with Crippen LogP contribution in [-0.4, -0.2) is 42.3 Å². The minimum Gasteiger partial charge on any atom is -0.408 e. The average Bonchev–Trinajstić information content (AvgIpc) is 2.65. The van der Waals surface area contributed by atoms with E-state index in [4.69, 9.17) is 14.9 Å². The van der Waals surface area contributed by atoms with Crippen molar-refractivity contribution in [1.29, 1.82) is 0 Å². The molecule has 6 nitrogen and oxygen atoms in total. The molecule has 19 heavy (non-hydrogen) atoms. The molecular weight excluding hydrogens is 246 g/mol. The first-order chi connectivity index (χ1) is 9.13. The zero-order chi connectivity index (χ0) is 13.4. The second-order valence-corrected chi connectivity index (χ2v) is 4.96. The lowest BCUT2D eigenvalue weighted by Crippen LogP contribution is -2.42. The molecule has 1 aromatic heterocycles. The number of aromatic nitrogens is 1. The molecule has 1 aromatic carbocycles. The third-order valence-electron chi connectivity index (χ3n) is 3.42. The summed E-state index contributed by atoms with van der Waals surface area (Å²) < 4.78 is 12.5. The molecule has 6 heteroatoms. The summed E-state index contributed by atoms with van der Waals surface area (Å²) in [6.45, 7) is 2.93. The van der Waals surface area contributed by atoms with Crippen LogP contribution < -0.4 is 11.5 Å². The van der Waals surface area contributed by atoms with Gasteiger partial charge in [0.05, 0.1) is 24.8 Å². The summed E-state index contributed by atoms with van der Waals surface area (Å²) in [4.78, 5) is 14.1. The minimum atomic E-state index is -0.363. The van der Waals surface area contributed by atoms with Gasteiger partial charge in [-0.1, -0.05) is 0 Å². The van der Waals surface area contributed by atoms with Crippen LogP contribution in [0.4, 0.5) is 5.69 Å². The molecule has 0 aliphatic carbocycles. The Morgan fingerprint density at radius 1 is 1.47 bits per heavy atom. The maximum atomic E-state index is 11.9. The Hall–Kier alpha value is -1.79. The van der Waals surface area contributed by atoms with Crippen LogP contribution >= 0.6 is 0 Å². The monoisotopic (exact) mass is 263 g/mol. The van der Waals surface area contributed by atoms with Crippen LogP contribution in [0.3, 0.4) is 0 Å². The number of likely N-dealkylation sites (N-methyl/N-ethyl adjacent to an activating group) is 1. The molecule has 3 rings (SSSR count). The van der Waals surface area contributed by atoms with Crippen LogP contribution in [0.2, 0.25) is 0 Å². The van der Waals surface area contributed by atoms with Crippen LogP contribution in [0.5, 0.6) is 0 Å². The number of nitrogen functional groups attached to an aromatic ring is 1. The quantitative estimate of drug-likeness (QED) is 0.799. The molecule has 0 amide bonds. The third-order valence-corrected chi connectivity index (χ3v) is 3.42. The van der Waals surface area contributed by atoms with E-state index in [2.05, 4.69) is 4.90 Å². The number of ether oxygens (including phenoxy) is 1. The smallest absolute Gasteiger partial charge is 0.408 e. The van der Waals surface area contributed by atoms with Gasteiger partial charge in [0.25, 0.3) is 0 Å². The number of anilines is 1. The van der Waals surface area contributed by atoms with Crippen LogP contribution in [0.15, 0.2) is 27.4 Å². The molecule has 0 saturated carbocycles. The van der Waals surface area contributed by atoms with E-state index >= 15 is 0 Å². The maximum absolute atomic E-state index is 11.9. The van der Waals surface area contributed by atoms with Gasteiger partial charge in [-0.05, 0) is 19.2 Å². The fourth-order valence-corrected chi connectivity index (χ4v) is 2.44. The van der Waals surface area contributed by atoms with Crippen molar-refractivity contribution in [1.82, 2.24) is 9.47 Å². The normalized spacial score (nSPS) is 21.0. The van der Waals surface area contributed by atoms with E-state index in [1.165, 1.54) is 0 Å². The van der Waals surface area contributed by atoms with E-state index < -0.39 is 0 Å². The van der Waals surface area contributed by atoms with Crippen molar-refractivity contribution in [3.8, 4) is 0 Å². The first kappa shape index (κ1) is 12.3. The average molecular weight is 263 g/mol. The molecule has 102 valence electrons. The molecular formula is C13H17N3O3. The van der Waals surface area contributed by atoms with E-state index in [9.17, 15) is 4.79 Å². The summed E-state index contributed by atoms with van der Waals surface area (Å²) in [7, 11) is 2.05. The number of nitrogens with two attached hydrogens (primary N) is 1. The second kappa shape index (κ2) is 4.71. The highest BCUT2D eigenvalue weighted by Crippen LogP contribution is 2.17. The van der Waals surface area contributed by atoms with Gasteiger partial charge in [-0.25, -0.2) is 4.79 Å². The van der Waals surface area contributed by atoms with Gasteiger partial charge in [0, 0.05) is 24.8 Å². The standard InChI is InChI=1S/C13H17N3O3/c1-15-4-5-18-10(7-15)8-16-11-3-2-9(14)6-12(11)19-13(16)17/h2-3,6,10H,4-5,7-8,14H2,1H3. The Morgan fingerprint density at radius 2 is 2.32 bits per heavy atom. The summed E-state index contributed by atoms with van der Waals surface area (Å²) in [6.07, 6.45) is 0.00908. The van der Waals surface area contributed by atoms with Crippen molar-refractivity contribution in [3.63, 3.8) is 0 Å². The number of hydrogen-bond acceptors (Lipinski definition) is 5. The number of nitrogens with zero attached hydrogens (tertiary/aromatic N) is 2. The van der Waals surface area contributed by atoms with Crippen LogP contribution in [0.1, 0.15) is 0 Å². The summed E-state index contributed by atoms with van der Waals surface area (Å²) in [5, 5.41) is 0. The van der Waals surface area contributed by atoms with E-state index in [1.807, 2.05) is 13.1 Å². The Kier molecular flexibility index (Phi) is 3.04. The topological polar surface area (TPSA) is 73.6 Å². The zero-order valence-corrected chi connectivity index (χ0v) is 10.8. The van der Waals surface area contributed by atoms with E-state index in [1.54, 1.807) is 16.7 Å². The molecule has 1 atom stereocenters. The van der Waals surface area contributed by atoms with Crippen LogP contribution in [0, 0.1) is 0 Å². The SMILES string of the molecule is CN1CCOC(Cn2c(=O)oc3cc(N)ccc32)C1. The third kappa shape index (κ3) is 2.36. The molecule has 1 fully saturated rings. The fraction of sp³-hybridized carbons (Fsp3) is 0.462. The molecule has 1 aliphatic rings. The Balaban J connectivity index is 1.92. The molecule has 2 aromatic rings. The van der Waals surface area contributed by atoms with Gasteiger partial charge in [-0.2, -0.15) is 0 Å². The summed E-state index contributed by atoms with van der Waals surface area (Å²) in [6, 6.07) is 5.24. The van der Waals surface area contributed by atoms with Crippen molar-refractivity contribution < 1.29 is 9.15 Å². The minimum absolute atomic E-state index is 0.00908. The zero-order valence-electron chi connectivity index (χ0n) is 10.8. The first-order valence-electron chi connectivity index (χ1n) is 6.32. The van der Waals surface area contributed by atoms with Crippen molar-refractivity contribution in [2.75, 3.05) is 32.5 Å². The Labute approximate surface area is 110 Å². The highest BCUT2D eigenvalue weighted by Gasteiger charge is 2.20.